The summed E-state index contributed by atoms with van der Waals surface area (Å²) in [6.07, 6.45) is -10.2. The highest BCUT2D eigenvalue weighted by atomic mass is 19.4. The van der Waals surface area contributed by atoms with E-state index in [2.05, 4.69) is 0 Å². The first-order chi connectivity index (χ1) is 33.7. The standard InChI is InChI=1S/C60H38F6N2O2/c1-35-27-29-42(36(2)31-35)44-21-12-24-50-53(44)54-45(43-30-28-41(59(61,62)63)34-49(43)60(64,65)66)22-13-25-51(54)67(50)52-26-14-23-46-55(52)58(70)68(57(46)69)56-47(38-17-8-4-9-18-38)32-40(37-15-6-3-7-16-37)33-48(56)39-19-10-5-11-20-39/h3-34H,1-2H3. The number of alkyl halides is 6. The molecule has 9 aromatic carbocycles. The van der Waals surface area contributed by atoms with Gasteiger partial charge in [0.1, 0.15) is 0 Å². The molecule has 0 N–H and O–H groups in total. The van der Waals surface area contributed by atoms with Crippen LogP contribution in [-0.2, 0) is 12.4 Å². The fraction of sp³-hybridized carbons (Fsp3) is 0.0667. The van der Waals surface area contributed by atoms with Crippen LogP contribution in [0, 0.1) is 13.8 Å². The van der Waals surface area contributed by atoms with E-state index in [4.69, 9.17) is 0 Å². The SMILES string of the molecule is Cc1ccc(-c2cccc3c2c2c(-c4ccc(C(F)(F)F)cc4C(F)(F)F)cccc2n3-c2cccc3c2C(=O)N(c2c(-c4ccccc4)cc(-c4ccccc4)cc2-c2ccccc2)C3=O)c(C)c1. The minimum atomic E-state index is -5.17. The molecule has 11 rings (SSSR count). The Balaban J connectivity index is 1.20. The second-order valence-electron chi connectivity index (χ2n) is 17.5. The fourth-order valence-electron chi connectivity index (χ4n) is 10.1. The van der Waals surface area contributed by atoms with Gasteiger partial charge in [-0.3, -0.25) is 9.59 Å². The second-order valence-corrected chi connectivity index (χ2v) is 17.5. The molecule has 0 saturated carbocycles. The average Bonchev–Trinajstić information content (AvgIpc) is 3.84. The van der Waals surface area contributed by atoms with Crippen LogP contribution < -0.4 is 4.90 Å². The second kappa shape index (κ2) is 16.6. The van der Waals surface area contributed by atoms with E-state index >= 15 is 22.8 Å². The van der Waals surface area contributed by atoms with Gasteiger partial charge in [-0.15, -0.1) is 0 Å². The van der Waals surface area contributed by atoms with E-state index in [1.165, 1.54) is 11.0 Å². The van der Waals surface area contributed by atoms with Crippen molar-refractivity contribution in [2.75, 3.05) is 4.90 Å². The zero-order valence-corrected chi connectivity index (χ0v) is 37.5. The summed E-state index contributed by atoms with van der Waals surface area (Å²) in [6.45, 7) is 3.88. The van der Waals surface area contributed by atoms with E-state index in [1.807, 2.05) is 147 Å². The first kappa shape index (κ1) is 44.0. The number of carbonyl (C=O) groups is 2. The quantitative estimate of drug-likeness (QED) is 0.118. The fourth-order valence-corrected chi connectivity index (χ4v) is 10.1. The molecule has 0 atom stereocenters. The monoisotopic (exact) mass is 932 g/mol. The molecule has 0 spiro atoms. The molecule has 2 amide bonds. The maximum absolute atomic E-state index is 15.7. The van der Waals surface area contributed by atoms with E-state index in [9.17, 15) is 13.2 Å². The van der Waals surface area contributed by atoms with Crippen molar-refractivity contribution in [3.8, 4) is 61.3 Å². The Labute approximate surface area is 398 Å². The summed E-state index contributed by atoms with van der Waals surface area (Å²) < 4.78 is 89.1. The van der Waals surface area contributed by atoms with Gasteiger partial charge < -0.3 is 4.57 Å². The summed E-state index contributed by atoms with van der Waals surface area (Å²) in [5, 5.41) is 0.826. The Morgan fingerprint density at radius 3 is 1.46 bits per heavy atom. The zero-order valence-electron chi connectivity index (χ0n) is 37.5. The lowest BCUT2D eigenvalue weighted by Gasteiger charge is -2.24. The van der Waals surface area contributed by atoms with Crippen molar-refractivity contribution < 1.29 is 35.9 Å². The Hall–Kier alpha value is -8.50. The van der Waals surface area contributed by atoms with Crippen LogP contribution in [0.5, 0.6) is 0 Å². The Bertz CT molecular complexity index is 3680. The lowest BCUT2D eigenvalue weighted by molar-refractivity contribution is -0.142. The lowest BCUT2D eigenvalue weighted by atomic mass is 9.90. The normalized spacial score (nSPS) is 12.9. The summed E-state index contributed by atoms with van der Waals surface area (Å²) in [4.78, 5) is 32.2. The van der Waals surface area contributed by atoms with Crippen molar-refractivity contribution in [1.82, 2.24) is 4.57 Å². The number of nitrogens with zero attached hydrogens (tertiary/aromatic N) is 2. The van der Waals surface area contributed by atoms with Gasteiger partial charge in [0.2, 0.25) is 0 Å². The van der Waals surface area contributed by atoms with Gasteiger partial charge in [0.25, 0.3) is 11.8 Å². The van der Waals surface area contributed by atoms with Crippen molar-refractivity contribution in [3.05, 3.63) is 228 Å². The van der Waals surface area contributed by atoms with Crippen LogP contribution in [0.2, 0.25) is 0 Å². The number of aryl methyl sites for hydroxylation is 2. The van der Waals surface area contributed by atoms with E-state index in [-0.39, 0.29) is 22.8 Å². The van der Waals surface area contributed by atoms with E-state index in [1.54, 1.807) is 41.0 Å². The van der Waals surface area contributed by atoms with Gasteiger partial charge in [-0.05, 0) is 112 Å². The number of amides is 2. The van der Waals surface area contributed by atoms with Crippen LogP contribution in [0.25, 0.3) is 83.1 Å². The summed E-state index contributed by atoms with van der Waals surface area (Å²) in [5.41, 5.74) is 6.33. The van der Waals surface area contributed by atoms with Gasteiger partial charge in [0, 0.05) is 21.9 Å². The number of hydrogen-bond acceptors (Lipinski definition) is 2. The van der Waals surface area contributed by atoms with Crippen LogP contribution >= 0.6 is 0 Å². The minimum absolute atomic E-state index is 0.0367. The number of halogens is 6. The maximum Gasteiger partial charge on any atom is 0.417 e. The van der Waals surface area contributed by atoms with Gasteiger partial charge in [-0.2, -0.15) is 26.3 Å². The molecule has 342 valence electrons. The number of aromatic nitrogens is 1. The van der Waals surface area contributed by atoms with Crippen LogP contribution in [0.3, 0.4) is 0 Å². The molecule has 1 aliphatic rings. The Morgan fingerprint density at radius 1 is 0.400 bits per heavy atom. The molecule has 10 aromatic rings. The zero-order chi connectivity index (χ0) is 48.6. The molecule has 0 unspecified atom stereocenters. The van der Waals surface area contributed by atoms with Crippen molar-refractivity contribution in [2.45, 2.75) is 26.2 Å². The highest BCUT2D eigenvalue weighted by Gasteiger charge is 2.43. The van der Waals surface area contributed by atoms with Gasteiger partial charge in [-0.1, -0.05) is 151 Å². The Morgan fingerprint density at radius 2 is 0.914 bits per heavy atom. The number of fused-ring (bicyclic) bond motifs is 4. The third kappa shape index (κ3) is 7.26. The highest BCUT2D eigenvalue weighted by molar-refractivity contribution is 6.37. The summed E-state index contributed by atoms with van der Waals surface area (Å²) in [5.74, 6) is -1.18. The third-order valence-corrected chi connectivity index (χ3v) is 13.2. The molecule has 0 radical (unpaired) electrons. The molecule has 70 heavy (non-hydrogen) atoms. The third-order valence-electron chi connectivity index (χ3n) is 13.2. The first-order valence-corrected chi connectivity index (χ1v) is 22.5. The molecule has 0 fully saturated rings. The molecular formula is C60H38F6N2O2. The number of benzene rings is 9. The van der Waals surface area contributed by atoms with Crippen LogP contribution in [0.4, 0.5) is 32.0 Å². The number of hydrogen-bond donors (Lipinski definition) is 0. The minimum Gasteiger partial charge on any atom is -0.308 e. The van der Waals surface area contributed by atoms with E-state index in [0.717, 1.165) is 45.0 Å². The molecule has 1 aromatic heterocycles. The largest absolute Gasteiger partial charge is 0.417 e. The highest BCUT2D eigenvalue weighted by Crippen LogP contribution is 2.50. The predicted molar refractivity (Wildman–Crippen MR) is 265 cm³/mol. The van der Waals surface area contributed by atoms with Crippen molar-refractivity contribution in [1.29, 1.82) is 0 Å². The molecule has 1 aliphatic heterocycles. The summed E-state index contributed by atoms with van der Waals surface area (Å²) in [6, 6.07) is 55.6. The molecule has 2 heterocycles. The molecule has 4 nitrogen and oxygen atoms in total. The number of anilines is 1. The van der Waals surface area contributed by atoms with Crippen molar-refractivity contribution >= 4 is 39.3 Å². The molecule has 10 heteroatoms. The summed E-state index contributed by atoms with van der Waals surface area (Å²) in [7, 11) is 0. The molecule has 0 saturated heterocycles. The molecule has 0 bridgehead atoms. The van der Waals surface area contributed by atoms with Crippen LogP contribution in [-0.4, -0.2) is 16.4 Å². The van der Waals surface area contributed by atoms with Crippen LogP contribution in [0.15, 0.2) is 194 Å². The van der Waals surface area contributed by atoms with Crippen LogP contribution in [0.1, 0.15) is 43.0 Å². The predicted octanol–water partition coefficient (Wildman–Crippen LogP) is 16.6. The molecule has 0 aliphatic carbocycles. The topological polar surface area (TPSA) is 42.3 Å². The first-order valence-electron chi connectivity index (χ1n) is 22.5. The van der Waals surface area contributed by atoms with Crippen molar-refractivity contribution in [2.24, 2.45) is 0 Å². The summed E-state index contributed by atoms with van der Waals surface area (Å²) >= 11 is 0. The van der Waals surface area contributed by atoms with Crippen molar-refractivity contribution in [3.63, 3.8) is 0 Å². The lowest BCUT2D eigenvalue weighted by Crippen LogP contribution is -2.30. The molecular weight excluding hydrogens is 895 g/mol. The van der Waals surface area contributed by atoms with E-state index < -0.39 is 40.9 Å². The van der Waals surface area contributed by atoms with Gasteiger partial charge in [-0.25, -0.2) is 4.90 Å². The van der Waals surface area contributed by atoms with E-state index in [0.29, 0.717) is 55.9 Å². The maximum atomic E-state index is 15.7. The number of imide groups is 1. The number of carbonyl (C=O) groups excluding carboxylic acids is 2. The van der Waals surface area contributed by atoms with Gasteiger partial charge in [0.05, 0.1) is 44.7 Å². The Kier molecular flexibility index (Phi) is 10.5. The smallest absolute Gasteiger partial charge is 0.308 e. The number of rotatable bonds is 7. The average molecular weight is 933 g/mol. The van der Waals surface area contributed by atoms with Gasteiger partial charge >= 0.3 is 12.4 Å². The van der Waals surface area contributed by atoms with Gasteiger partial charge in [0.15, 0.2) is 0 Å².